The summed E-state index contributed by atoms with van der Waals surface area (Å²) in [6.07, 6.45) is 1.61. The molecule has 0 saturated carbocycles. The zero-order valence-corrected chi connectivity index (χ0v) is 13.0. The van der Waals surface area contributed by atoms with Crippen LogP contribution in [-0.2, 0) is 15.8 Å². The molecule has 1 aromatic rings. The molecule has 5 nitrogen and oxygen atoms in total. The molecular formula is C15H21N3O2S. The fourth-order valence-corrected chi connectivity index (χ4v) is 4.28. The van der Waals surface area contributed by atoms with E-state index in [1.807, 2.05) is 13.0 Å². The number of piperidine rings is 1. The number of hydrogen-bond acceptors (Lipinski definition) is 4. The van der Waals surface area contributed by atoms with E-state index in [1.165, 1.54) is 0 Å². The molecule has 1 saturated heterocycles. The van der Waals surface area contributed by atoms with Gasteiger partial charge >= 0.3 is 0 Å². The quantitative estimate of drug-likeness (QED) is 0.912. The summed E-state index contributed by atoms with van der Waals surface area (Å²) in [4.78, 5) is 0. The van der Waals surface area contributed by atoms with E-state index in [0.717, 1.165) is 6.42 Å². The van der Waals surface area contributed by atoms with Gasteiger partial charge in [0.15, 0.2) is 0 Å². The third kappa shape index (κ3) is 3.82. The maximum absolute atomic E-state index is 12.5. The predicted molar refractivity (Wildman–Crippen MR) is 81.7 cm³/mol. The topological polar surface area (TPSA) is 87.2 Å². The molecule has 1 fully saturated rings. The molecule has 1 aromatic carbocycles. The molecule has 21 heavy (non-hydrogen) atoms. The molecule has 0 bridgehead atoms. The van der Waals surface area contributed by atoms with Gasteiger partial charge in [0.2, 0.25) is 10.0 Å². The van der Waals surface area contributed by atoms with E-state index >= 15 is 0 Å². The van der Waals surface area contributed by atoms with Gasteiger partial charge in [-0.25, -0.2) is 12.7 Å². The first-order valence-corrected chi connectivity index (χ1v) is 8.79. The highest BCUT2D eigenvalue weighted by molar-refractivity contribution is 7.88. The molecule has 1 aliphatic rings. The SMILES string of the molecule is CCC1CN(S(=O)(=O)Cc2ccc(C#N)cc2)CCC1N. The number of rotatable bonds is 4. The summed E-state index contributed by atoms with van der Waals surface area (Å²) < 4.78 is 26.6. The molecular weight excluding hydrogens is 286 g/mol. The lowest BCUT2D eigenvalue weighted by molar-refractivity contribution is 0.230. The van der Waals surface area contributed by atoms with Crippen LogP contribution in [0.2, 0.25) is 0 Å². The molecule has 2 rings (SSSR count). The van der Waals surface area contributed by atoms with Gasteiger partial charge in [0.25, 0.3) is 0 Å². The molecule has 6 heteroatoms. The molecule has 0 aromatic heterocycles. The Kier molecular flexibility index (Phi) is 4.99. The smallest absolute Gasteiger partial charge is 0.218 e. The van der Waals surface area contributed by atoms with Crippen molar-refractivity contribution in [1.29, 1.82) is 5.26 Å². The number of benzene rings is 1. The molecule has 0 aliphatic carbocycles. The van der Waals surface area contributed by atoms with E-state index in [1.54, 1.807) is 28.6 Å². The van der Waals surface area contributed by atoms with Gasteiger partial charge in [-0.2, -0.15) is 5.26 Å². The molecule has 0 radical (unpaired) electrons. The van der Waals surface area contributed by atoms with Crippen molar-refractivity contribution in [3.05, 3.63) is 35.4 Å². The fraction of sp³-hybridized carbons (Fsp3) is 0.533. The van der Waals surface area contributed by atoms with Gasteiger partial charge in [-0.15, -0.1) is 0 Å². The Hall–Kier alpha value is -1.42. The second kappa shape index (κ2) is 6.56. The summed E-state index contributed by atoms with van der Waals surface area (Å²) in [7, 11) is -3.33. The number of hydrogen-bond donors (Lipinski definition) is 1. The van der Waals surface area contributed by atoms with Crippen molar-refractivity contribution >= 4 is 10.0 Å². The van der Waals surface area contributed by atoms with Crippen molar-refractivity contribution in [3.63, 3.8) is 0 Å². The van der Waals surface area contributed by atoms with Crippen molar-refractivity contribution in [1.82, 2.24) is 4.31 Å². The first-order chi connectivity index (χ1) is 9.96. The van der Waals surface area contributed by atoms with Gasteiger partial charge in [-0.1, -0.05) is 25.5 Å². The minimum atomic E-state index is -3.33. The molecule has 2 atom stereocenters. The van der Waals surface area contributed by atoms with Gasteiger partial charge < -0.3 is 5.73 Å². The highest BCUT2D eigenvalue weighted by Gasteiger charge is 2.32. The van der Waals surface area contributed by atoms with E-state index in [4.69, 9.17) is 11.0 Å². The van der Waals surface area contributed by atoms with Crippen LogP contribution in [0.5, 0.6) is 0 Å². The minimum absolute atomic E-state index is 0.0234. The summed E-state index contributed by atoms with van der Waals surface area (Å²) in [5.74, 6) is 0.208. The van der Waals surface area contributed by atoms with Crippen LogP contribution in [0.4, 0.5) is 0 Å². The lowest BCUT2D eigenvalue weighted by atomic mass is 9.92. The average Bonchev–Trinajstić information content (AvgIpc) is 2.48. The van der Waals surface area contributed by atoms with Gasteiger partial charge in [-0.05, 0) is 30.0 Å². The number of nitriles is 1. The average molecular weight is 307 g/mol. The van der Waals surface area contributed by atoms with E-state index in [-0.39, 0.29) is 17.7 Å². The standard InChI is InChI=1S/C15H21N3O2S/c1-2-14-10-18(8-7-15(14)17)21(19,20)11-13-5-3-12(9-16)4-6-13/h3-6,14-15H,2,7-8,10-11,17H2,1H3. The molecule has 1 aliphatic heterocycles. The fourth-order valence-electron chi connectivity index (χ4n) is 2.68. The van der Waals surface area contributed by atoms with Gasteiger partial charge in [-0.3, -0.25) is 0 Å². The van der Waals surface area contributed by atoms with Crippen LogP contribution in [0.1, 0.15) is 30.9 Å². The number of nitrogens with two attached hydrogens (primary N) is 1. The van der Waals surface area contributed by atoms with Crippen LogP contribution in [0.15, 0.2) is 24.3 Å². The summed E-state index contributed by atoms with van der Waals surface area (Å²) in [5, 5.41) is 8.76. The van der Waals surface area contributed by atoms with Crippen LogP contribution >= 0.6 is 0 Å². The molecule has 2 unspecified atom stereocenters. The largest absolute Gasteiger partial charge is 0.327 e. The first kappa shape index (κ1) is 16.0. The van der Waals surface area contributed by atoms with Crippen LogP contribution in [-0.4, -0.2) is 31.9 Å². The monoisotopic (exact) mass is 307 g/mol. The lowest BCUT2D eigenvalue weighted by Gasteiger charge is -2.35. The summed E-state index contributed by atoms with van der Waals surface area (Å²) in [6, 6.07) is 8.80. The van der Waals surface area contributed by atoms with Crippen molar-refractivity contribution in [2.24, 2.45) is 11.7 Å². The normalized spacial score (nSPS) is 23.7. The second-order valence-electron chi connectivity index (χ2n) is 5.54. The van der Waals surface area contributed by atoms with E-state index in [0.29, 0.717) is 30.6 Å². The zero-order chi connectivity index (χ0) is 15.5. The summed E-state index contributed by atoms with van der Waals surface area (Å²) in [6.45, 7) is 3.05. The highest BCUT2D eigenvalue weighted by Crippen LogP contribution is 2.22. The van der Waals surface area contributed by atoms with Crippen LogP contribution in [0, 0.1) is 17.2 Å². The van der Waals surface area contributed by atoms with Gasteiger partial charge in [0, 0.05) is 19.1 Å². The van der Waals surface area contributed by atoms with Gasteiger partial charge in [0.1, 0.15) is 0 Å². The first-order valence-electron chi connectivity index (χ1n) is 7.18. The number of nitrogens with zero attached hydrogens (tertiary/aromatic N) is 2. The van der Waals surface area contributed by atoms with Crippen LogP contribution < -0.4 is 5.73 Å². The Labute approximate surface area is 126 Å². The summed E-state index contributed by atoms with van der Waals surface area (Å²) in [5.41, 5.74) is 7.27. The number of sulfonamides is 1. The Morgan fingerprint density at radius 1 is 1.38 bits per heavy atom. The Morgan fingerprint density at radius 3 is 2.62 bits per heavy atom. The lowest BCUT2D eigenvalue weighted by Crippen LogP contribution is -2.49. The summed E-state index contributed by atoms with van der Waals surface area (Å²) >= 11 is 0. The third-order valence-corrected chi connectivity index (χ3v) is 5.92. The molecule has 0 amide bonds. The van der Waals surface area contributed by atoms with Crippen LogP contribution in [0.25, 0.3) is 0 Å². The highest BCUT2D eigenvalue weighted by atomic mass is 32.2. The van der Waals surface area contributed by atoms with Crippen molar-refractivity contribution in [2.45, 2.75) is 31.6 Å². The van der Waals surface area contributed by atoms with E-state index in [9.17, 15) is 8.42 Å². The Bertz CT molecular complexity index is 619. The maximum atomic E-state index is 12.5. The predicted octanol–water partition coefficient (Wildman–Crippen LogP) is 1.45. The third-order valence-electron chi connectivity index (χ3n) is 4.11. The molecule has 114 valence electrons. The molecule has 0 spiro atoms. The minimum Gasteiger partial charge on any atom is -0.327 e. The van der Waals surface area contributed by atoms with E-state index in [2.05, 4.69) is 0 Å². The molecule has 1 heterocycles. The zero-order valence-electron chi connectivity index (χ0n) is 12.2. The van der Waals surface area contributed by atoms with Crippen LogP contribution in [0.3, 0.4) is 0 Å². The van der Waals surface area contributed by atoms with Gasteiger partial charge in [0.05, 0.1) is 17.4 Å². The maximum Gasteiger partial charge on any atom is 0.218 e. The molecule has 2 N–H and O–H groups in total. The van der Waals surface area contributed by atoms with E-state index < -0.39 is 10.0 Å². The van der Waals surface area contributed by atoms with Crippen molar-refractivity contribution < 1.29 is 8.42 Å². The Morgan fingerprint density at radius 2 is 2.05 bits per heavy atom. The van der Waals surface area contributed by atoms with Crippen molar-refractivity contribution in [3.8, 4) is 6.07 Å². The Balaban J connectivity index is 2.09. The second-order valence-corrected chi connectivity index (χ2v) is 7.51. The van der Waals surface area contributed by atoms with Crippen molar-refractivity contribution in [2.75, 3.05) is 13.1 Å².